The van der Waals surface area contributed by atoms with E-state index in [2.05, 4.69) is 15.9 Å². The van der Waals surface area contributed by atoms with Crippen LogP contribution in [-0.2, 0) is 0 Å². The Morgan fingerprint density at radius 2 is 1.68 bits per heavy atom. The predicted molar refractivity (Wildman–Crippen MR) is 79.1 cm³/mol. The third kappa shape index (κ3) is 4.01. The first-order valence-corrected chi connectivity index (χ1v) is 6.98. The van der Waals surface area contributed by atoms with Gasteiger partial charge in [0.05, 0.1) is 6.10 Å². The molecule has 0 fully saturated rings. The number of carbonyl (C=O) groups is 1. The molecule has 0 aliphatic heterocycles. The molecule has 0 aromatic heterocycles. The van der Waals surface area contributed by atoms with E-state index < -0.39 is 6.10 Å². The Hall–Kier alpha value is -1.45. The van der Waals surface area contributed by atoms with E-state index in [0.717, 1.165) is 10.0 Å². The van der Waals surface area contributed by atoms with E-state index in [1.54, 1.807) is 12.1 Å². The maximum Gasteiger partial charge on any atom is 0.162 e. The summed E-state index contributed by atoms with van der Waals surface area (Å²) in [5.74, 6) is 0.0579. The van der Waals surface area contributed by atoms with Crippen LogP contribution in [0, 0.1) is 0 Å². The second-order valence-corrected chi connectivity index (χ2v) is 5.31. The van der Waals surface area contributed by atoms with Gasteiger partial charge in [0.2, 0.25) is 0 Å². The summed E-state index contributed by atoms with van der Waals surface area (Å²) >= 11 is 3.34. The second kappa shape index (κ2) is 6.64. The van der Waals surface area contributed by atoms with E-state index in [1.807, 2.05) is 42.5 Å². The molecule has 0 radical (unpaired) electrons. The van der Waals surface area contributed by atoms with Crippen LogP contribution in [0.2, 0.25) is 0 Å². The number of benzene rings is 2. The van der Waals surface area contributed by atoms with E-state index in [-0.39, 0.29) is 5.78 Å². The lowest BCUT2D eigenvalue weighted by molar-refractivity contribution is 0.0940. The fourth-order valence-electron chi connectivity index (χ4n) is 1.89. The molecule has 2 nitrogen and oxygen atoms in total. The van der Waals surface area contributed by atoms with E-state index in [0.29, 0.717) is 18.4 Å². The molecule has 1 N–H and O–H groups in total. The van der Waals surface area contributed by atoms with Gasteiger partial charge in [0.25, 0.3) is 0 Å². The van der Waals surface area contributed by atoms with Crippen LogP contribution in [0.3, 0.4) is 0 Å². The fourth-order valence-corrected chi connectivity index (χ4v) is 2.15. The van der Waals surface area contributed by atoms with Gasteiger partial charge in [0, 0.05) is 16.5 Å². The van der Waals surface area contributed by atoms with Gasteiger partial charge in [0.15, 0.2) is 5.78 Å². The van der Waals surface area contributed by atoms with Gasteiger partial charge in [-0.25, -0.2) is 0 Å². The molecule has 0 aliphatic carbocycles. The van der Waals surface area contributed by atoms with Crippen LogP contribution in [0.5, 0.6) is 0 Å². The molecular weight excluding hydrogens is 304 g/mol. The maximum atomic E-state index is 12.0. The van der Waals surface area contributed by atoms with Gasteiger partial charge in [-0.2, -0.15) is 0 Å². The smallest absolute Gasteiger partial charge is 0.162 e. The second-order valence-electron chi connectivity index (χ2n) is 4.40. The molecule has 3 heteroatoms. The van der Waals surface area contributed by atoms with Crippen LogP contribution >= 0.6 is 15.9 Å². The molecule has 0 saturated carbocycles. The number of aliphatic hydroxyl groups excluding tert-OH is 1. The third-order valence-corrected chi connectivity index (χ3v) is 3.52. The van der Waals surface area contributed by atoms with Crippen LogP contribution in [0.4, 0.5) is 0 Å². The summed E-state index contributed by atoms with van der Waals surface area (Å²) in [6, 6.07) is 16.7. The Morgan fingerprint density at radius 1 is 1.05 bits per heavy atom. The number of Topliss-reactive ketones (excluding diaryl/α,β-unsaturated/α-hetero) is 1. The number of hydrogen-bond acceptors (Lipinski definition) is 2. The zero-order chi connectivity index (χ0) is 13.7. The summed E-state index contributed by atoms with van der Waals surface area (Å²) in [6.45, 7) is 0. The van der Waals surface area contributed by atoms with Crippen molar-refractivity contribution in [3.05, 3.63) is 70.2 Å². The topological polar surface area (TPSA) is 37.3 Å². The van der Waals surface area contributed by atoms with Crippen LogP contribution in [0.25, 0.3) is 0 Å². The molecule has 0 heterocycles. The summed E-state index contributed by atoms with van der Waals surface area (Å²) in [7, 11) is 0. The fraction of sp³-hybridized carbons (Fsp3) is 0.188. The zero-order valence-corrected chi connectivity index (χ0v) is 12.0. The summed E-state index contributed by atoms with van der Waals surface area (Å²) in [5, 5.41) is 10.0. The molecule has 0 spiro atoms. The molecule has 1 atom stereocenters. The van der Waals surface area contributed by atoms with Crippen LogP contribution in [0.15, 0.2) is 59.1 Å². The number of ketones is 1. The first kappa shape index (κ1) is 14.0. The van der Waals surface area contributed by atoms with Crippen molar-refractivity contribution in [2.75, 3.05) is 0 Å². The van der Waals surface area contributed by atoms with Gasteiger partial charge in [0.1, 0.15) is 0 Å². The number of rotatable bonds is 5. The van der Waals surface area contributed by atoms with Crippen molar-refractivity contribution < 1.29 is 9.90 Å². The normalized spacial score (nSPS) is 12.1. The Kier molecular flexibility index (Phi) is 4.88. The Balaban J connectivity index is 1.92. The van der Waals surface area contributed by atoms with Gasteiger partial charge < -0.3 is 5.11 Å². The van der Waals surface area contributed by atoms with Crippen molar-refractivity contribution in [3.63, 3.8) is 0 Å². The number of carbonyl (C=O) groups excluding carboxylic acids is 1. The molecule has 2 aromatic rings. The van der Waals surface area contributed by atoms with Crippen molar-refractivity contribution in [2.24, 2.45) is 0 Å². The van der Waals surface area contributed by atoms with Gasteiger partial charge in [-0.3, -0.25) is 4.79 Å². The molecule has 2 aromatic carbocycles. The average molecular weight is 319 g/mol. The third-order valence-electron chi connectivity index (χ3n) is 3.00. The highest BCUT2D eigenvalue weighted by molar-refractivity contribution is 9.10. The minimum atomic E-state index is -0.583. The number of hydrogen-bond donors (Lipinski definition) is 1. The summed E-state index contributed by atoms with van der Waals surface area (Å²) in [6.07, 6.45) is 0.206. The molecule has 19 heavy (non-hydrogen) atoms. The molecular formula is C16H15BrO2. The molecule has 1 unspecified atom stereocenters. The highest BCUT2D eigenvalue weighted by Gasteiger charge is 2.11. The lowest BCUT2D eigenvalue weighted by Gasteiger charge is -2.10. The Labute approximate surface area is 121 Å². The van der Waals surface area contributed by atoms with E-state index in [1.165, 1.54) is 0 Å². The molecule has 2 rings (SSSR count). The van der Waals surface area contributed by atoms with E-state index in [4.69, 9.17) is 0 Å². The SMILES string of the molecule is O=C(CCC(O)c1ccccc1)c1ccc(Br)cc1. The van der Waals surface area contributed by atoms with Gasteiger partial charge >= 0.3 is 0 Å². The minimum absolute atomic E-state index is 0.0579. The van der Waals surface area contributed by atoms with Crippen molar-refractivity contribution in [1.82, 2.24) is 0 Å². The van der Waals surface area contributed by atoms with Crippen molar-refractivity contribution in [1.29, 1.82) is 0 Å². The van der Waals surface area contributed by atoms with Crippen molar-refractivity contribution >= 4 is 21.7 Å². The maximum absolute atomic E-state index is 12.0. The Morgan fingerprint density at radius 3 is 2.32 bits per heavy atom. The van der Waals surface area contributed by atoms with Crippen LogP contribution in [-0.4, -0.2) is 10.9 Å². The summed E-state index contributed by atoms with van der Waals surface area (Å²) < 4.78 is 0.952. The van der Waals surface area contributed by atoms with E-state index >= 15 is 0 Å². The first-order chi connectivity index (χ1) is 9.16. The quantitative estimate of drug-likeness (QED) is 0.841. The predicted octanol–water partition coefficient (Wildman–Crippen LogP) is 4.15. The van der Waals surface area contributed by atoms with Gasteiger partial charge in [-0.05, 0) is 24.1 Å². The number of halogens is 1. The highest BCUT2D eigenvalue weighted by Crippen LogP contribution is 2.19. The lowest BCUT2D eigenvalue weighted by atomic mass is 10.0. The molecule has 0 bridgehead atoms. The molecule has 0 saturated heterocycles. The van der Waals surface area contributed by atoms with E-state index in [9.17, 15) is 9.90 Å². The largest absolute Gasteiger partial charge is 0.388 e. The van der Waals surface area contributed by atoms with Gasteiger partial charge in [-0.15, -0.1) is 0 Å². The standard InChI is InChI=1S/C16H15BrO2/c17-14-8-6-13(7-9-14)16(19)11-10-15(18)12-4-2-1-3-5-12/h1-9,15,18H,10-11H2. The van der Waals surface area contributed by atoms with Crippen molar-refractivity contribution in [3.8, 4) is 0 Å². The highest BCUT2D eigenvalue weighted by atomic mass is 79.9. The van der Waals surface area contributed by atoms with Gasteiger partial charge in [-0.1, -0.05) is 58.4 Å². The summed E-state index contributed by atoms with van der Waals surface area (Å²) in [5.41, 5.74) is 1.54. The van der Waals surface area contributed by atoms with Crippen LogP contribution in [0.1, 0.15) is 34.9 Å². The Bertz CT molecular complexity index is 534. The van der Waals surface area contributed by atoms with Crippen molar-refractivity contribution in [2.45, 2.75) is 18.9 Å². The lowest BCUT2D eigenvalue weighted by Crippen LogP contribution is -2.04. The zero-order valence-electron chi connectivity index (χ0n) is 10.4. The average Bonchev–Trinajstić information content (AvgIpc) is 2.46. The monoisotopic (exact) mass is 318 g/mol. The molecule has 0 aliphatic rings. The number of aliphatic hydroxyl groups is 1. The molecule has 98 valence electrons. The molecule has 0 amide bonds. The van der Waals surface area contributed by atoms with Crippen LogP contribution < -0.4 is 0 Å². The first-order valence-electron chi connectivity index (χ1n) is 6.18. The summed E-state index contributed by atoms with van der Waals surface area (Å²) in [4.78, 5) is 12.0. The minimum Gasteiger partial charge on any atom is -0.388 e.